The number of ether oxygens (including phenoxy) is 2. The topological polar surface area (TPSA) is 76.7 Å². The highest BCUT2D eigenvalue weighted by atomic mass is 16.5. The predicted molar refractivity (Wildman–Crippen MR) is 109 cm³/mol. The fourth-order valence-corrected chi connectivity index (χ4v) is 2.98. The molecule has 0 unspecified atom stereocenters. The largest absolute Gasteiger partial charge is 0.493 e. The van der Waals surface area contributed by atoms with E-state index in [0.717, 1.165) is 16.3 Å². The van der Waals surface area contributed by atoms with Crippen molar-refractivity contribution in [3.8, 4) is 11.5 Å². The molecule has 0 saturated heterocycles. The molecule has 3 rings (SSSR count). The van der Waals surface area contributed by atoms with Crippen molar-refractivity contribution in [1.82, 2.24) is 5.32 Å². The van der Waals surface area contributed by atoms with Crippen LogP contribution >= 0.6 is 0 Å². The third-order valence-corrected chi connectivity index (χ3v) is 4.34. The summed E-state index contributed by atoms with van der Waals surface area (Å²) in [5, 5.41) is 7.51. The lowest BCUT2D eigenvalue weighted by Gasteiger charge is -2.11. The molecular formula is C22H22N2O4. The van der Waals surface area contributed by atoms with E-state index in [0.29, 0.717) is 17.2 Å². The van der Waals surface area contributed by atoms with Gasteiger partial charge in [0.2, 0.25) is 11.8 Å². The average Bonchev–Trinajstić information content (AvgIpc) is 2.72. The first-order valence-corrected chi connectivity index (χ1v) is 8.86. The molecule has 2 N–H and O–H groups in total. The summed E-state index contributed by atoms with van der Waals surface area (Å²) in [6, 6.07) is 18.8. The molecule has 0 aromatic heterocycles. The third-order valence-electron chi connectivity index (χ3n) is 4.34. The molecule has 6 nitrogen and oxygen atoms in total. The van der Waals surface area contributed by atoms with Crippen molar-refractivity contribution in [2.24, 2.45) is 0 Å². The van der Waals surface area contributed by atoms with Crippen LogP contribution in [0.1, 0.15) is 5.56 Å². The predicted octanol–water partition coefficient (Wildman–Crippen LogP) is 3.15. The number of methoxy groups -OCH3 is 2. The van der Waals surface area contributed by atoms with Crippen molar-refractivity contribution in [3.05, 3.63) is 66.2 Å². The van der Waals surface area contributed by atoms with E-state index in [4.69, 9.17) is 9.47 Å². The van der Waals surface area contributed by atoms with Gasteiger partial charge in [-0.05, 0) is 28.5 Å². The molecule has 0 radical (unpaired) electrons. The van der Waals surface area contributed by atoms with Crippen LogP contribution in [-0.4, -0.2) is 32.6 Å². The summed E-state index contributed by atoms with van der Waals surface area (Å²) in [6.45, 7) is -0.113. The minimum atomic E-state index is -0.321. The molecule has 144 valence electrons. The van der Waals surface area contributed by atoms with Crippen LogP contribution in [0.25, 0.3) is 10.8 Å². The van der Waals surface area contributed by atoms with Crippen LogP contribution in [-0.2, 0) is 16.0 Å². The highest BCUT2D eigenvalue weighted by Gasteiger charge is 2.10. The SMILES string of the molecule is COc1ccc(NC(=O)CNC(=O)Cc2cccc3ccccc23)cc1OC. The molecule has 0 saturated carbocycles. The molecule has 0 bridgehead atoms. The zero-order valence-corrected chi connectivity index (χ0v) is 15.8. The van der Waals surface area contributed by atoms with Crippen LogP contribution in [0, 0.1) is 0 Å². The lowest BCUT2D eigenvalue weighted by atomic mass is 10.0. The standard InChI is InChI=1S/C22H22N2O4/c1-27-19-11-10-17(13-20(19)28-2)24-22(26)14-23-21(25)12-16-8-5-7-15-6-3-4-9-18(15)16/h3-11,13H,12,14H2,1-2H3,(H,23,25)(H,24,26). The summed E-state index contributed by atoms with van der Waals surface area (Å²) >= 11 is 0. The van der Waals surface area contributed by atoms with Crippen molar-refractivity contribution in [2.45, 2.75) is 6.42 Å². The van der Waals surface area contributed by atoms with Crippen molar-refractivity contribution < 1.29 is 19.1 Å². The fourth-order valence-electron chi connectivity index (χ4n) is 2.98. The summed E-state index contributed by atoms with van der Waals surface area (Å²) in [5.74, 6) is 0.557. The van der Waals surface area contributed by atoms with Crippen LogP contribution in [0.15, 0.2) is 60.7 Å². The zero-order valence-electron chi connectivity index (χ0n) is 15.8. The number of hydrogen-bond acceptors (Lipinski definition) is 4. The van der Waals surface area contributed by atoms with Gasteiger partial charge in [0.1, 0.15) is 0 Å². The van der Waals surface area contributed by atoms with Gasteiger partial charge in [-0.2, -0.15) is 0 Å². The van der Waals surface area contributed by atoms with Gasteiger partial charge in [-0.1, -0.05) is 42.5 Å². The molecule has 0 atom stereocenters. The lowest BCUT2D eigenvalue weighted by molar-refractivity contribution is -0.123. The zero-order chi connectivity index (χ0) is 19.9. The van der Waals surface area contributed by atoms with Crippen LogP contribution in [0.4, 0.5) is 5.69 Å². The van der Waals surface area contributed by atoms with Crippen LogP contribution in [0.3, 0.4) is 0 Å². The van der Waals surface area contributed by atoms with E-state index in [-0.39, 0.29) is 24.8 Å². The first-order valence-electron chi connectivity index (χ1n) is 8.86. The molecule has 3 aromatic rings. The molecule has 0 aliphatic rings. The van der Waals surface area contributed by atoms with Gasteiger partial charge in [-0.3, -0.25) is 9.59 Å². The summed E-state index contributed by atoms with van der Waals surface area (Å²) in [5.41, 5.74) is 1.49. The van der Waals surface area contributed by atoms with Gasteiger partial charge < -0.3 is 20.1 Å². The van der Waals surface area contributed by atoms with Gasteiger partial charge in [0, 0.05) is 11.8 Å². The monoisotopic (exact) mass is 378 g/mol. The number of hydrogen-bond donors (Lipinski definition) is 2. The number of carbonyl (C=O) groups is 2. The summed E-state index contributed by atoms with van der Waals surface area (Å²) in [7, 11) is 3.07. The first kappa shape index (κ1) is 19.2. The van der Waals surface area contributed by atoms with Crippen molar-refractivity contribution >= 4 is 28.3 Å². The lowest BCUT2D eigenvalue weighted by Crippen LogP contribution is -2.33. The summed E-state index contributed by atoms with van der Waals surface area (Å²) < 4.78 is 10.4. The minimum Gasteiger partial charge on any atom is -0.493 e. The van der Waals surface area contributed by atoms with E-state index >= 15 is 0 Å². The molecular weight excluding hydrogens is 356 g/mol. The molecule has 28 heavy (non-hydrogen) atoms. The molecule has 0 aliphatic heterocycles. The fraction of sp³-hybridized carbons (Fsp3) is 0.182. The van der Waals surface area contributed by atoms with E-state index < -0.39 is 0 Å². The number of benzene rings is 3. The second kappa shape index (κ2) is 8.90. The molecule has 2 amide bonds. The first-order chi connectivity index (χ1) is 13.6. The maximum Gasteiger partial charge on any atom is 0.243 e. The molecule has 0 fully saturated rings. The summed E-state index contributed by atoms with van der Waals surface area (Å²) in [4.78, 5) is 24.4. The molecule has 3 aromatic carbocycles. The Morgan fingerprint density at radius 3 is 2.39 bits per heavy atom. The Balaban J connectivity index is 1.56. The number of fused-ring (bicyclic) bond motifs is 1. The molecule has 0 spiro atoms. The molecule has 0 aliphatic carbocycles. The quantitative estimate of drug-likeness (QED) is 0.662. The Kier molecular flexibility index (Phi) is 6.11. The van der Waals surface area contributed by atoms with Gasteiger partial charge in [-0.25, -0.2) is 0 Å². The van der Waals surface area contributed by atoms with Gasteiger partial charge in [0.25, 0.3) is 0 Å². The Labute approximate surface area is 163 Å². The van der Waals surface area contributed by atoms with Gasteiger partial charge >= 0.3 is 0 Å². The third kappa shape index (κ3) is 4.59. The van der Waals surface area contributed by atoms with Crippen molar-refractivity contribution in [3.63, 3.8) is 0 Å². The second-order valence-electron chi connectivity index (χ2n) is 6.21. The van der Waals surface area contributed by atoms with Crippen molar-refractivity contribution in [2.75, 3.05) is 26.1 Å². The number of rotatable bonds is 7. The van der Waals surface area contributed by atoms with Gasteiger partial charge in [0.05, 0.1) is 27.2 Å². The number of nitrogens with one attached hydrogen (secondary N) is 2. The van der Waals surface area contributed by atoms with E-state index in [2.05, 4.69) is 10.6 Å². The van der Waals surface area contributed by atoms with E-state index in [9.17, 15) is 9.59 Å². The number of amides is 2. The van der Waals surface area contributed by atoms with Crippen LogP contribution in [0.5, 0.6) is 11.5 Å². The maximum atomic E-state index is 12.3. The Bertz CT molecular complexity index is 995. The van der Waals surface area contributed by atoms with Crippen LogP contribution < -0.4 is 20.1 Å². The van der Waals surface area contributed by atoms with E-state index in [1.54, 1.807) is 25.3 Å². The normalized spacial score (nSPS) is 10.4. The summed E-state index contributed by atoms with van der Waals surface area (Å²) in [6.07, 6.45) is 0.213. The average molecular weight is 378 g/mol. The Morgan fingerprint density at radius 2 is 1.61 bits per heavy atom. The minimum absolute atomic E-state index is 0.113. The van der Waals surface area contributed by atoms with E-state index in [1.165, 1.54) is 7.11 Å². The second-order valence-corrected chi connectivity index (χ2v) is 6.21. The Hall–Kier alpha value is -3.54. The smallest absolute Gasteiger partial charge is 0.243 e. The van der Waals surface area contributed by atoms with E-state index in [1.807, 2.05) is 42.5 Å². The highest BCUT2D eigenvalue weighted by molar-refractivity contribution is 5.96. The van der Waals surface area contributed by atoms with Crippen molar-refractivity contribution in [1.29, 1.82) is 0 Å². The number of anilines is 1. The number of carbonyl (C=O) groups excluding carboxylic acids is 2. The highest BCUT2D eigenvalue weighted by Crippen LogP contribution is 2.29. The Morgan fingerprint density at radius 1 is 0.857 bits per heavy atom. The molecule has 0 heterocycles. The maximum absolute atomic E-state index is 12.3. The molecule has 6 heteroatoms. The van der Waals surface area contributed by atoms with Crippen LogP contribution in [0.2, 0.25) is 0 Å². The van der Waals surface area contributed by atoms with Gasteiger partial charge in [-0.15, -0.1) is 0 Å². The van der Waals surface area contributed by atoms with Gasteiger partial charge in [0.15, 0.2) is 11.5 Å².